The number of hydrogen-bond donors (Lipinski definition) is 3. The number of nitrogens with zero attached hydrogens (tertiary/aromatic N) is 2. The van der Waals surface area contributed by atoms with Gasteiger partial charge in [0, 0.05) is 11.9 Å². The Hall–Kier alpha value is -1.86. The molecule has 0 atom stereocenters. The summed E-state index contributed by atoms with van der Waals surface area (Å²) < 4.78 is 5.70. The maximum Gasteiger partial charge on any atom is 0.197 e. The van der Waals surface area contributed by atoms with E-state index in [0.29, 0.717) is 0 Å². The van der Waals surface area contributed by atoms with Gasteiger partial charge in [-0.25, -0.2) is 4.98 Å². The first kappa shape index (κ1) is 12.2. The SMILES string of the molecule is CNCc1ccc(-c2csc(NC3=NCCN3)n2)o1. The third kappa shape index (κ3) is 2.77. The molecular weight excluding hydrogens is 262 g/mol. The van der Waals surface area contributed by atoms with Crippen LogP contribution < -0.4 is 16.0 Å². The maximum absolute atomic E-state index is 5.70. The number of guanidine groups is 1. The second kappa shape index (κ2) is 5.41. The highest BCUT2D eigenvalue weighted by Gasteiger charge is 2.11. The minimum Gasteiger partial charge on any atom is -0.458 e. The van der Waals surface area contributed by atoms with Gasteiger partial charge in [-0.2, -0.15) is 0 Å². The van der Waals surface area contributed by atoms with Crippen LogP contribution in [0.2, 0.25) is 0 Å². The van der Waals surface area contributed by atoms with Gasteiger partial charge in [0.05, 0.1) is 13.1 Å². The lowest BCUT2D eigenvalue weighted by Crippen LogP contribution is -2.26. The highest BCUT2D eigenvalue weighted by Crippen LogP contribution is 2.26. The maximum atomic E-state index is 5.70. The third-order valence-corrected chi connectivity index (χ3v) is 3.43. The van der Waals surface area contributed by atoms with Crippen LogP contribution >= 0.6 is 11.3 Å². The minimum absolute atomic E-state index is 0.718. The number of furan rings is 1. The lowest BCUT2D eigenvalue weighted by atomic mass is 10.3. The summed E-state index contributed by atoms with van der Waals surface area (Å²) in [4.78, 5) is 8.76. The van der Waals surface area contributed by atoms with Gasteiger partial charge in [0.2, 0.25) is 0 Å². The third-order valence-electron chi connectivity index (χ3n) is 2.67. The van der Waals surface area contributed by atoms with E-state index in [0.717, 1.165) is 47.9 Å². The Kier molecular flexibility index (Phi) is 3.47. The van der Waals surface area contributed by atoms with Crippen LogP contribution in [0.3, 0.4) is 0 Å². The molecule has 7 heteroatoms. The standard InChI is InChI=1S/C12H15N5OS/c1-13-6-8-2-3-10(18-8)9-7-19-12(16-9)17-11-14-4-5-15-11/h2-3,7,13H,4-6H2,1H3,(H2,14,15,16,17). The molecule has 2 aromatic rings. The van der Waals surface area contributed by atoms with E-state index in [4.69, 9.17) is 4.42 Å². The molecule has 19 heavy (non-hydrogen) atoms. The van der Waals surface area contributed by atoms with Crippen LogP contribution in [-0.2, 0) is 6.54 Å². The Bertz CT molecular complexity index is 588. The molecule has 0 spiro atoms. The number of aromatic nitrogens is 1. The summed E-state index contributed by atoms with van der Waals surface area (Å²) in [5.74, 6) is 2.48. The summed E-state index contributed by atoms with van der Waals surface area (Å²) in [5, 5.41) is 12.1. The Morgan fingerprint density at radius 3 is 3.21 bits per heavy atom. The Balaban J connectivity index is 1.72. The zero-order chi connectivity index (χ0) is 13.1. The lowest BCUT2D eigenvalue weighted by Gasteiger charge is -2.00. The van der Waals surface area contributed by atoms with E-state index in [2.05, 4.69) is 25.9 Å². The first-order chi connectivity index (χ1) is 9.35. The van der Waals surface area contributed by atoms with Crippen molar-refractivity contribution >= 4 is 22.4 Å². The number of thiazole rings is 1. The molecule has 0 saturated carbocycles. The predicted molar refractivity (Wildman–Crippen MR) is 76.5 cm³/mol. The second-order valence-corrected chi connectivity index (χ2v) is 4.97. The fourth-order valence-corrected chi connectivity index (χ4v) is 2.51. The first-order valence-corrected chi connectivity index (χ1v) is 6.97. The molecule has 3 N–H and O–H groups in total. The van der Waals surface area contributed by atoms with Gasteiger partial charge in [0.25, 0.3) is 0 Å². The van der Waals surface area contributed by atoms with Crippen LogP contribution in [0, 0.1) is 0 Å². The van der Waals surface area contributed by atoms with Crippen molar-refractivity contribution in [2.45, 2.75) is 6.54 Å². The molecule has 0 fully saturated rings. The van der Waals surface area contributed by atoms with E-state index in [1.54, 1.807) is 0 Å². The predicted octanol–water partition coefficient (Wildman–Crippen LogP) is 1.49. The van der Waals surface area contributed by atoms with Gasteiger partial charge in [0.15, 0.2) is 16.9 Å². The molecule has 1 aliphatic rings. The minimum atomic E-state index is 0.718. The molecule has 0 amide bonds. The van der Waals surface area contributed by atoms with Crippen LogP contribution in [0.5, 0.6) is 0 Å². The summed E-state index contributed by atoms with van der Waals surface area (Å²) in [6, 6.07) is 3.90. The molecule has 0 bridgehead atoms. The van der Waals surface area contributed by atoms with Crippen LogP contribution in [-0.4, -0.2) is 31.1 Å². The Labute approximate surface area is 115 Å². The van der Waals surface area contributed by atoms with Crippen molar-refractivity contribution in [3.63, 3.8) is 0 Å². The fourth-order valence-electron chi connectivity index (χ4n) is 1.81. The summed E-state index contributed by atoms with van der Waals surface area (Å²) in [5.41, 5.74) is 0.841. The molecule has 6 nitrogen and oxygen atoms in total. The normalized spacial score (nSPS) is 14.3. The van der Waals surface area contributed by atoms with Crippen LogP contribution in [0.4, 0.5) is 5.13 Å². The molecule has 3 rings (SSSR count). The van der Waals surface area contributed by atoms with Gasteiger partial charge in [-0.15, -0.1) is 11.3 Å². The van der Waals surface area contributed by atoms with Gasteiger partial charge < -0.3 is 20.4 Å². The lowest BCUT2D eigenvalue weighted by molar-refractivity contribution is 0.506. The smallest absolute Gasteiger partial charge is 0.197 e. The molecule has 0 radical (unpaired) electrons. The number of aliphatic imine (C=N–C) groups is 1. The Morgan fingerprint density at radius 2 is 2.42 bits per heavy atom. The molecular formula is C12H15N5OS. The van der Waals surface area contributed by atoms with Crippen molar-refractivity contribution in [3.8, 4) is 11.5 Å². The van der Waals surface area contributed by atoms with Crippen molar-refractivity contribution < 1.29 is 4.42 Å². The molecule has 3 heterocycles. The van der Waals surface area contributed by atoms with Crippen molar-refractivity contribution in [2.24, 2.45) is 4.99 Å². The molecule has 0 saturated heterocycles. The van der Waals surface area contributed by atoms with E-state index in [1.807, 2.05) is 24.6 Å². The van der Waals surface area contributed by atoms with Crippen molar-refractivity contribution in [3.05, 3.63) is 23.3 Å². The number of nitrogens with one attached hydrogen (secondary N) is 3. The van der Waals surface area contributed by atoms with Gasteiger partial charge in [-0.3, -0.25) is 4.99 Å². The zero-order valence-corrected chi connectivity index (χ0v) is 11.4. The summed E-state index contributed by atoms with van der Waals surface area (Å²) in [6.45, 7) is 2.41. The summed E-state index contributed by atoms with van der Waals surface area (Å²) in [7, 11) is 1.89. The van der Waals surface area contributed by atoms with Gasteiger partial charge in [-0.05, 0) is 19.2 Å². The largest absolute Gasteiger partial charge is 0.458 e. The van der Waals surface area contributed by atoms with E-state index in [9.17, 15) is 0 Å². The summed E-state index contributed by atoms with van der Waals surface area (Å²) in [6.07, 6.45) is 0. The molecule has 0 unspecified atom stereocenters. The first-order valence-electron chi connectivity index (χ1n) is 6.10. The highest BCUT2D eigenvalue weighted by molar-refractivity contribution is 7.14. The summed E-state index contributed by atoms with van der Waals surface area (Å²) >= 11 is 1.54. The molecule has 100 valence electrons. The Morgan fingerprint density at radius 1 is 1.47 bits per heavy atom. The molecule has 2 aromatic heterocycles. The number of hydrogen-bond acceptors (Lipinski definition) is 7. The monoisotopic (exact) mass is 277 g/mol. The molecule has 0 aliphatic carbocycles. The highest BCUT2D eigenvalue weighted by atomic mass is 32.1. The van der Waals surface area contributed by atoms with Crippen LogP contribution in [0.15, 0.2) is 26.9 Å². The fraction of sp³-hybridized carbons (Fsp3) is 0.333. The zero-order valence-electron chi connectivity index (χ0n) is 10.6. The van der Waals surface area contributed by atoms with Gasteiger partial charge in [-0.1, -0.05) is 0 Å². The molecule has 1 aliphatic heterocycles. The number of anilines is 1. The second-order valence-electron chi connectivity index (χ2n) is 4.12. The van der Waals surface area contributed by atoms with E-state index in [-0.39, 0.29) is 0 Å². The van der Waals surface area contributed by atoms with E-state index >= 15 is 0 Å². The van der Waals surface area contributed by atoms with E-state index in [1.165, 1.54) is 11.3 Å². The van der Waals surface area contributed by atoms with Crippen molar-refractivity contribution in [1.29, 1.82) is 0 Å². The van der Waals surface area contributed by atoms with Gasteiger partial charge in [0.1, 0.15) is 11.5 Å². The van der Waals surface area contributed by atoms with Crippen LogP contribution in [0.1, 0.15) is 5.76 Å². The van der Waals surface area contributed by atoms with E-state index < -0.39 is 0 Å². The molecule has 0 aromatic carbocycles. The van der Waals surface area contributed by atoms with Crippen LogP contribution in [0.25, 0.3) is 11.5 Å². The topological polar surface area (TPSA) is 74.5 Å². The number of rotatable bonds is 4. The quantitative estimate of drug-likeness (QED) is 0.789. The van der Waals surface area contributed by atoms with Crippen molar-refractivity contribution in [1.82, 2.24) is 15.6 Å². The average molecular weight is 277 g/mol. The average Bonchev–Trinajstić information content (AvgIpc) is 3.10. The van der Waals surface area contributed by atoms with Crippen molar-refractivity contribution in [2.75, 3.05) is 25.5 Å². The van der Waals surface area contributed by atoms with Gasteiger partial charge >= 0.3 is 0 Å².